The van der Waals surface area contributed by atoms with Gasteiger partial charge in [-0.3, -0.25) is 9.59 Å². The minimum absolute atomic E-state index is 0.312. The van der Waals surface area contributed by atoms with Gasteiger partial charge in [0.25, 0.3) is 0 Å². The molecule has 1 atom stereocenters. The van der Waals surface area contributed by atoms with Crippen LogP contribution in [0.2, 0.25) is 0 Å². The number of alkyl halides is 3. The van der Waals surface area contributed by atoms with E-state index in [9.17, 15) is 22.8 Å². The Kier molecular flexibility index (Phi) is 5.15. The number of rotatable bonds is 4. The number of hydrogen-bond donors (Lipinski definition) is 2. The zero-order valence-corrected chi connectivity index (χ0v) is 11.5. The zero-order chi connectivity index (χ0) is 14.6. The molecule has 1 rings (SSSR count). The third-order valence-electron chi connectivity index (χ3n) is 2.19. The molecule has 1 aromatic carbocycles. The van der Waals surface area contributed by atoms with Gasteiger partial charge >= 0.3 is 18.1 Å². The average Bonchev–Trinajstić information content (AvgIpc) is 2.26. The molecule has 1 amide bonds. The molecule has 2 N–H and O–H groups in total. The Morgan fingerprint density at radius 3 is 2.47 bits per heavy atom. The maximum atomic E-state index is 12.2. The summed E-state index contributed by atoms with van der Waals surface area (Å²) in [7, 11) is 0. The maximum absolute atomic E-state index is 12.2. The number of halogens is 4. The van der Waals surface area contributed by atoms with Crippen molar-refractivity contribution < 1.29 is 27.9 Å². The number of carbonyl (C=O) groups excluding carboxylic acids is 1. The van der Waals surface area contributed by atoms with E-state index in [1.807, 2.05) is 22.6 Å². The maximum Gasteiger partial charge on any atom is 0.471 e. The molecular formula is C11H9F3INO3. The quantitative estimate of drug-likeness (QED) is 0.781. The lowest BCUT2D eigenvalue weighted by atomic mass is 10.0. The second kappa shape index (κ2) is 6.22. The number of benzene rings is 1. The summed E-state index contributed by atoms with van der Waals surface area (Å²) in [6, 6.07) is 5.04. The molecule has 0 radical (unpaired) electrons. The van der Waals surface area contributed by atoms with Crippen LogP contribution in [-0.4, -0.2) is 23.2 Å². The highest BCUT2D eigenvalue weighted by atomic mass is 127. The molecule has 104 valence electrons. The van der Waals surface area contributed by atoms with Crippen molar-refractivity contribution in [3.8, 4) is 0 Å². The molecule has 0 fully saturated rings. The predicted octanol–water partition coefficient (Wildman–Crippen LogP) is 2.49. The van der Waals surface area contributed by atoms with Crippen LogP contribution >= 0.6 is 22.6 Å². The highest BCUT2D eigenvalue weighted by Gasteiger charge is 2.40. The second-order valence-corrected chi connectivity index (χ2v) is 4.92. The fourth-order valence-corrected chi connectivity index (χ4v) is 1.96. The van der Waals surface area contributed by atoms with Gasteiger partial charge in [0.05, 0.1) is 12.5 Å². The Balaban J connectivity index is 2.96. The van der Waals surface area contributed by atoms with Gasteiger partial charge in [-0.15, -0.1) is 0 Å². The first kappa shape index (κ1) is 15.7. The van der Waals surface area contributed by atoms with Crippen molar-refractivity contribution >= 4 is 34.5 Å². The fraction of sp³-hybridized carbons (Fsp3) is 0.273. The summed E-state index contributed by atoms with van der Waals surface area (Å²) in [5.74, 6) is -3.45. The van der Waals surface area contributed by atoms with Gasteiger partial charge in [0.1, 0.15) is 0 Å². The second-order valence-electron chi connectivity index (χ2n) is 3.68. The molecule has 0 aliphatic carbocycles. The van der Waals surface area contributed by atoms with Crippen molar-refractivity contribution in [2.75, 3.05) is 0 Å². The van der Waals surface area contributed by atoms with E-state index in [-0.39, 0.29) is 0 Å². The molecule has 1 aromatic rings. The molecule has 0 saturated heterocycles. The van der Waals surface area contributed by atoms with E-state index >= 15 is 0 Å². The first-order valence-corrected chi connectivity index (χ1v) is 6.13. The van der Waals surface area contributed by atoms with E-state index in [4.69, 9.17) is 5.11 Å². The average molecular weight is 387 g/mol. The van der Waals surface area contributed by atoms with Crippen LogP contribution < -0.4 is 5.32 Å². The van der Waals surface area contributed by atoms with Crippen molar-refractivity contribution in [2.45, 2.75) is 18.6 Å². The number of aliphatic carboxylic acids is 1. The van der Waals surface area contributed by atoms with Gasteiger partial charge in [-0.05, 0) is 40.3 Å². The van der Waals surface area contributed by atoms with E-state index < -0.39 is 30.5 Å². The molecule has 0 saturated carbocycles. The first-order chi connectivity index (χ1) is 8.70. The van der Waals surface area contributed by atoms with E-state index in [1.165, 1.54) is 12.1 Å². The number of carboxylic acids is 1. The van der Waals surface area contributed by atoms with E-state index in [2.05, 4.69) is 0 Å². The summed E-state index contributed by atoms with van der Waals surface area (Å²) in [5.41, 5.74) is 0.312. The Bertz CT molecular complexity index is 490. The van der Waals surface area contributed by atoms with Crippen LogP contribution in [0.3, 0.4) is 0 Å². The Morgan fingerprint density at radius 2 is 2.00 bits per heavy atom. The fourth-order valence-electron chi connectivity index (χ4n) is 1.39. The summed E-state index contributed by atoms with van der Waals surface area (Å²) in [5, 5.41) is 10.4. The SMILES string of the molecule is O=C(O)CC(NC(=O)C(F)(F)F)c1cccc(I)c1. The Hall–Kier alpha value is -1.32. The zero-order valence-electron chi connectivity index (χ0n) is 9.37. The Morgan fingerprint density at radius 1 is 1.37 bits per heavy atom. The molecule has 0 spiro atoms. The highest BCUT2D eigenvalue weighted by molar-refractivity contribution is 14.1. The highest BCUT2D eigenvalue weighted by Crippen LogP contribution is 2.22. The molecule has 0 aromatic heterocycles. The number of nitrogens with one attached hydrogen (secondary N) is 1. The third-order valence-corrected chi connectivity index (χ3v) is 2.86. The van der Waals surface area contributed by atoms with Crippen LogP contribution in [0.1, 0.15) is 18.0 Å². The van der Waals surface area contributed by atoms with Gasteiger partial charge < -0.3 is 10.4 Å². The topological polar surface area (TPSA) is 66.4 Å². The third kappa shape index (κ3) is 5.05. The lowest BCUT2D eigenvalue weighted by molar-refractivity contribution is -0.174. The van der Waals surface area contributed by atoms with Crippen molar-refractivity contribution in [1.29, 1.82) is 0 Å². The smallest absolute Gasteiger partial charge is 0.471 e. The summed E-state index contributed by atoms with van der Waals surface area (Å²) in [6.45, 7) is 0. The van der Waals surface area contributed by atoms with Crippen LogP contribution in [-0.2, 0) is 9.59 Å². The summed E-state index contributed by atoms with van der Waals surface area (Å²) in [4.78, 5) is 21.5. The molecule has 4 nitrogen and oxygen atoms in total. The monoisotopic (exact) mass is 387 g/mol. The minimum Gasteiger partial charge on any atom is -0.481 e. The summed E-state index contributed by atoms with van der Waals surface area (Å²) < 4.78 is 37.3. The lowest BCUT2D eigenvalue weighted by Gasteiger charge is -2.18. The van der Waals surface area contributed by atoms with Crippen molar-refractivity contribution in [2.24, 2.45) is 0 Å². The van der Waals surface area contributed by atoms with E-state index in [0.717, 1.165) is 3.57 Å². The van der Waals surface area contributed by atoms with Gasteiger partial charge in [0, 0.05) is 3.57 Å². The predicted molar refractivity (Wildman–Crippen MR) is 68.4 cm³/mol. The standard InChI is InChI=1S/C11H9F3INO3/c12-11(13,14)10(19)16-8(5-9(17)18)6-2-1-3-7(15)4-6/h1-4,8H,5H2,(H,16,19)(H,17,18). The Labute approximate surface area is 120 Å². The number of amides is 1. The van der Waals surface area contributed by atoms with Crippen LogP contribution in [0.15, 0.2) is 24.3 Å². The van der Waals surface area contributed by atoms with E-state index in [0.29, 0.717) is 5.56 Å². The lowest BCUT2D eigenvalue weighted by Crippen LogP contribution is -2.39. The van der Waals surface area contributed by atoms with Crippen molar-refractivity contribution in [1.82, 2.24) is 5.32 Å². The first-order valence-electron chi connectivity index (χ1n) is 5.05. The molecule has 0 aliphatic heterocycles. The van der Waals surface area contributed by atoms with Gasteiger partial charge in [0.15, 0.2) is 0 Å². The van der Waals surface area contributed by atoms with Gasteiger partial charge in [-0.2, -0.15) is 13.2 Å². The molecule has 0 aliphatic rings. The number of carboxylic acid groups (broad SMARTS) is 1. The minimum atomic E-state index is -5.04. The molecule has 8 heteroatoms. The van der Waals surface area contributed by atoms with Crippen LogP contribution in [0.25, 0.3) is 0 Å². The normalized spacial score (nSPS) is 12.8. The van der Waals surface area contributed by atoms with E-state index in [1.54, 1.807) is 17.4 Å². The summed E-state index contributed by atoms with van der Waals surface area (Å²) >= 11 is 1.94. The van der Waals surface area contributed by atoms with Crippen molar-refractivity contribution in [3.05, 3.63) is 33.4 Å². The van der Waals surface area contributed by atoms with Crippen LogP contribution in [0, 0.1) is 3.57 Å². The summed E-state index contributed by atoms with van der Waals surface area (Å²) in [6.07, 6.45) is -5.67. The molecule has 0 heterocycles. The van der Waals surface area contributed by atoms with Crippen LogP contribution in [0.4, 0.5) is 13.2 Å². The largest absolute Gasteiger partial charge is 0.481 e. The van der Waals surface area contributed by atoms with Crippen molar-refractivity contribution in [3.63, 3.8) is 0 Å². The number of hydrogen-bond acceptors (Lipinski definition) is 2. The van der Waals surface area contributed by atoms with Gasteiger partial charge in [0.2, 0.25) is 0 Å². The molecule has 1 unspecified atom stereocenters. The van der Waals surface area contributed by atoms with Crippen LogP contribution in [0.5, 0.6) is 0 Å². The molecule has 19 heavy (non-hydrogen) atoms. The molecule has 0 bridgehead atoms. The van der Waals surface area contributed by atoms with Gasteiger partial charge in [-0.25, -0.2) is 0 Å². The van der Waals surface area contributed by atoms with Gasteiger partial charge in [-0.1, -0.05) is 12.1 Å². The molecular weight excluding hydrogens is 378 g/mol. The number of carbonyl (C=O) groups is 2.